The molecule has 1 aliphatic rings. The second kappa shape index (κ2) is 5.71. The van der Waals surface area contributed by atoms with E-state index in [-0.39, 0.29) is 31.7 Å². The lowest BCUT2D eigenvalue weighted by molar-refractivity contribution is -0.142. The van der Waals surface area contributed by atoms with Gasteiger partial charge in [-0.2, -0.15) is 12.7 Å². The highest BCUT2D eigenvalue weighted by atomic mass is 32.2. The van der Waals surface area contributed by atoms with E-state index in [9.17, 15) is 17.6 Å². The van der Waals surface area contributed by atoms with E-state index in [1.807, 2.05) is 0 Å². The number of piperidine rings is 1. The van der Waals surface area contributed by atoms with Crippen LogP contribution in [0.1, 0.15) is 12.8 Å². The van der Waals surface area contributed by atoms with Gasteiger partial charge in [-0.1, -0.05) is 0 Å². The number of nitrogens with zero attached hydrogens (tertiary/aromatic N) is 2. The number of aliphatic carboxylic acids is 1. The molecule has 0 bridgehead atoms. The quantitative estimate of drug-likeness (QED) is 0.852. The van der Waals surface area contributed by atoms with Gasteiger partial charge in [-0.15, -0.1) is 0 Å². The number of anilines is 1. The fraction of sp³-hybridized carbons (Fsp3) is 0.455. The summed E-state index contributed by atoms with van der Waals surface area (Å²) in [5, 5.41) is 8.86. The molecule has 9 heteroatoms. The van der Waals surface area contributed by atoms with Gasteiger partial charge in [-0.25, -0.2) is 9.37 Å². The Morgan fingerprint density at radius 2 is 2.05 bits per heavy atom. The highest BCUT2D eigenvalue weighted by Gasteiger charge is 2.31. The molecular formula is C11H14FN3O4S. The van der Waals surface area contributed by atoms with E-state index < -0.39 is 27.9 Å². The van der Waals surface area contributed by atoms with Crippen LogP contribution in [0.2, 0.25) is 0 Å². The van der Waals surface area contributed by atoms with Crippen LogP contribution >= 0.6 is 0 Å². The summed E-state index contributed by atoms with van der Waals surface area (Å²) in [6, 6.07) is 2.32. The van der Waals surface area contributed by atoms with Crippen molar-refractivity contribution in [3.8, 4) is 0 Å². The zero-order chi connectivity index (χ0) is 14.8. The number of carboxylic acid groups (broad SMARTS) is 1. The van der Waals surface area contributed by atoms with Gasteiger partial charge in [-0.05, 0) is 25.0 Å². The largest absolute Gasteiger partial charge is 0.481 e. The second-order valence-corrected chi connectivity index (χ2v) is 6.15. The predicted molar refractivity (Wildman–Crippen MR) is 68.7 cm³/mol. The second-order valence-electron chi connectivity index (χ2n) is 4.48. The van der Waals surface area contributed by atoms with Crippen LogP contribution in [0.25, 0.3) is 0 Å². The Morgan fingerprint density at radius 1 is 1.40 bits per heavy atom. The SMILES string of the molecule is O=C(O)C1CCN(S(=O)(=O)Nc2ccc(F)cn2)CC1. The molecule has 2 N–H and O–H groups in total. The molecule has 0 spiro atoms. The molecule has 0 aromatic carbocycles. The number of hydrogen-bond donors (Lipinski definition) is 2. The number of rotatable bonds is 4. The van der Waals surface area contributed by atoms with Crippen molar-refractivity contribution in [2.24, 2.45) is 5.92 Å². The topological polar surface area (TPSA) is 99.6 Å². The zero-order valence-corrected chi connectivity index (χ0v) is 11.3. The molecule has 1 fully saturated rings. The van der Waals surface area contributed by atoms with Crippen molar-refractivity contribution in [1.29, 1.82) is 0 Å². The fourth-order valence-electron chi connectivity index (χ4n) is 1.98. The number of nitrogens with one attached hydrogen (secondary N) is 1. The van der Waals surface area contributed by atoms with E-state index in [2.05, 4.69) is 9.71 Å². The number of halogens is 1. The smallest absolute Gasteiger partial charge is 0.306 e. The molecule has 0 saturated carbocycles. The molecule has 1 aromatic rings. The third-order valence-corrected chi connectivity index (χ3v) is 4.62. The van der Waals surface area contributed by atoms with Gasteiger partial charge in [-0.3, -0.25) is 9.52 Å². The molecule has 110 valence electrons. The van der Waals surface area contributed by atoms with Crippen molar-refractivity contribution in [1.82, 2.24) is 9.29 Å². The maximum Gasteiger partial charge on any atom is 0.306 e. The molecule has 2 heterocycles. The van der Waals surface area contributed by atoms with Crippen molar-refractivity contribution < 1.29 is 22.7 Å². The Morgan fingerprint density at radius 3 is 2.55 bits per heavy atom. The van der Waals surface area contributed by atoms with Gasteiger partial charge >= 0.3 is 16.2 Å². The third-order valence-electron chi connectivity index (χ3n) is 3.10. The van der Waals surface area contributed by atoms with E-state index in [4.69, 9.17) is 5.11 Å². The summed E-state index contributed by atoms with van der Waals surface area (Å²) in [6.07, 6.45) is 1.45. The van der Waals surface area contributed by atoms with Crippen LogP contribution < -0.4 is 4.72 Å². The van der Waals surface area contributed by atoms with Crippen molar-refractivity contribution in [2.45, 2.75) is 12.8 Å². The van der Waals surface area contributed by atoms with Crippen molar-refractivity contribution in [3.05, 3.63) is 24.1 Å². The fourth-order valence-corrected chi connectivity index (χ4v) is 3.18. The van der Waals surface area contributed by atoms with Crippen LogP contribution in [0, 0.1) is 11.7 Å². The van der Waals surface area contributed by atoms with Gasteiger partial charge in [0.2, 0.25) is 0 Å². The van der Waals surface area contributed by atoms with E-state index >= 15 is 0 Å². The first-order chi connectivity index (χ1) is 9.38. The lowest BCUT2D eigenvalue weighted by atomic mass is 9.99. The minimum absolute atomic E-state index is 0.0201. The average molecular weight is 303 g/mol. The zero-order valence-electron chi connectivity index (χ0n) is 10.5. The number of aromatic nitrogens is 1. The molecule has 1 saturated heterocycles. The Kier molecular flexibility index (Phi) is 4.19. The molecule has 20 heavy (non-hydrogen) atoms. The van der Waals surface area contributed by atoms with E-state index in [1.54, 1.807) is 0 Å². The molecule has 1 aliphatic heterocycles. The molecule has 0 aliphatic carbocycles. The molecule has 0 radical (unpaired) electrons. The summed E-state index contributed by atoms with van der Waals surface area (Å²) < 4.78 is 40.2. The maximum atomic E-state index is 12.7. The van der Waals surface area contributed by atoms with Gasteiger partial charge in [0.05, 0.1) is 12.1 Å². The summed E-state index contributed by atoms with van der Waals surface area (Å²) in [5.74, 6) is -1.96. The lowest BCUT2D eigenvalue weighted by Crippen LogP contribution is -2.43. The minimum atomic E-state index is -3.79. The molecule has 7 nitrogen and oxygen atoms in total. The summed E-state index contributed by atoms with van der Waals surface area (Å²) in [4.78, 5) is 14.4. The molecule has 0 amide bonds. The van der Waals surface area contributed by atoms with Crippen LogP contribution in [0.15, 0.2) is 18.3 Å². The molecule has 0 unspecified atom stereocenters. The maximum absolute atomic E-state index is 12.7. The van der Waals surface area contributed by atoms with Crippen LogP contribution in [0.3, 0.4) is 0 Å². The Labute approximate surface area is 115 Å². The number of hydrogen-bond acceptors (Lipinski definition) is 4. The summed E-state index contributed by atoms with van der Waals surface area (Å²) in [7, 11) is -3.79. The van der Waals surface area contributed by atoms with Crippen molar-refractivity contribution >= 4 is 22.0 Å². The third kappa shape index (κ3) is 3.42. The first-order valence-electron chi connectivity index (χ1n) is 6.01. The molecular weight excluding hydrogens is 289 g/mol. The minimum Gasteiger partial charge on any atom is -0.481 e. The number of carbonyl (C=O) groups is 1. The summed E-state index contributed by atoms with van der Waals surface area (Å²) >= 11 is 0. The van der Waals surface area contributed by atoms with Crippen LogP contribution in [-0.2, 0) is 15.0 Å². The predicted octanol–water partition coefficient (Wildman–Crippen LogP) is 0.674. The first kappa shape index (κ1) is 14.7. The molecule has 2 rings (SSSR count). The monoisotopic (exact) mass is 303 g/mol. The highest BCUT2D eigenvalue weighted by molar-refractivity contribution is 7.90. The van der Waals surface area contributed by atoms with Gasteiger partial charge in [0.25, 0.3) is 0 Å². The van der Waals surface area contributed by atoms with E-state index in [0.717, 1.165) is 16.6 Å². The average Bonchev–Trinajstić information content (AvgIpc) is 2.41. The normalized spacial score (nSPS) is 17.9. The van der Waals surface area contributed by atoms with Gasteiger partial charge < -0.3 is 5.11 Å². The van der Waals surface area contributed by atoms with E-state index in [0.29, 0.717) is 0 Å². The number of carboxylic acids is 1. The van der Waals surface area contributed by atoms with Gasteiger partial charge in [0.15, 0.2) is 0 Å². The van der Waals surface area contributed by atoms with Gasteiger partial charge in [0, 0.05) is 13.1 Å². The van der Waals surface area contributed by atoms with E-state index in [1.165, 1.54) is 6.07 Å². The highest BCUT2D eigenvalue weighted by Crippen LogP contribution is 2.20. The van der Waals surface area contributed by atoms with Crippen molar-refractivity contribution in [2.75, 3.05) is 17.8 Å². The van der Waals surface area contributed by atoms with Gasteiger partial charge in [0.1, 0.15) is 11.6 Å². The first-order valence-corrected chi connectivity index (χ1v) is 7.45. The van der Waals surface area contributed by atoms with Crippen LogP contribution in [0.4, 0.5) is 10.2 Å². The van der Waals surface area contributed by atoms with Crippen LogP contribution in [0.5, 0.6) is 0 Å². The van der Waals surface area contributed by atoms with Crippen molar-refractivity contribution in [3.63, 3.8) is 0 Å². The summed E-state index contributed by atoms with van der Waals surface area (Å²) in [6.45, 7) is 0.265. The molecule has 1 aromatic heterocycles. The summed E-state index contributed by atoms with van der Waals surface area (Å²) in [5.41, 5.74) is 0. The molecule has 0 atom stereocenters. The number of pyridine rings is 1. The Hall–Kier alpha value is -1.74. The lowest BCUT2D eigenvalue weighted by Gasteiger charge is -2.29. The van der Waals surface area contributed by atoms with Crippen LogP contribution in [-0.4, -0.2) is 41.9 Å². The Bertz CT molecular complexity index is 582. The Balaban J connectivity index is 2.01. The standard InChI is InChI=1S/C11H14FN3O4S/c12-9-1-2-10(13-7-9)14-20(18,19)15-5-3-8(4-6-15)11(16)17/h1-2,7-8H,3-6H2,(H,13,14)(H,16,17).